The topological polar surface area (TPSA) is 35.2 Å². The Balaban J connectivity index is 0.995. The number of fused-ring (bicyclic) bond motifs is 10. The lowest BCUT2D eigenvalue weighted by atomic mass is 9.83. The minimum Gasteiger partial charge on any atom is -0.457 e. The third-order valence-electron chi connectivity index (χ3n) is 14.5. The first-order valence-electron chi connectivity index (χ1n) is 26.4. The molecule has 9 aromatic carbocycles. The fraction of sp³-hybridized carbons (Fsp3) is 0.132. The Morgan fingerprint density at radius 1 is 0.521 bits per heavy atom. The number of nitrogens with zero attached hydrogens (tertiary/aromatic N) is 4. The van der Waals surface area contributed by atoms with Crippen molar-refractivity contribution < 1.29 is 7.48 Å². The maximum atomic E-state index is 8.91. The highest BCUT2D eigenvalue weighted by atomic mass is 16.5. The first-order valence-corrected chi connectivity index (χ1v) is 25.4. The summed E-state index contributed by atoms with van der Waals surface area (Å²) >= 11 is 0. The zero-order valence-electron chi connectivity index (χ0n) is 43.8. The van der Waals surface area contributed by atoms with Crippen molar-refractivity contribution >= 4 is 76.5 Å². The Hall–Kier alpha value is -8.67. The lowest BCUT2D eigenvalue weighted by Crippen LogP contribution is -2.15. The van der Waals surface area contributed by atoms with Crippen LogP contribution in [0.5, 0.6) is 11.5 Å². The average Bonchev–Trinajstić information content (AvgIpc) is 4.07. The number of hydrogen-bond donors (Lipinski definition) is 0. The van der Waals surface area contributed by atoms with Crippen LogP contribution in [0.2, 0.25) is 0 Å². The predicted molar refractivity (Wildman–Crippen MR) is 307 cm³/mol. The van der Waals surface area contributed by atoms with E-state index in [1.807, 2.05) is 38.1 Å². The highest BCUT2D eigenvalue weighted by Crippen LogP contribution is 2.46. The third kappa shape index (κ3) is 7.75. The van der Waals surface area contributed by atoms with Gasteiger partial charge in [0.2, 0.25) is 0 Å². The van der Waals surface area contributed by atoms with Crippen molar-refractivity contribution in [3.63, 3.8) is 0 Å². The van der Waals surface area contributed by atoms with Crippen molar-refractivity contribution in [3.05, 3.63) is 230 Å². The largest absolute Gasteiger partial charge is 0.457 e. The molecule has 13 rings (SSSR count). The van der Waals surface area contributed by atoms with Gasteiger partial charge in [-0.25, -0.2) is 4.98 Å². The Labute approximate surface area is 429 Å². The van der Waals surface area contributed by atoms with E-state index in [1.165, 1.54) is 60.1 Å². The van der Waals surface area contributed by atoms with Crippen molar-refractivity contribution in [2.75, 3.05) is 4.90 Å². The molecule has 73 heavy (non-hydrogen) atoms. The van der Waals surface area contributed by atoms with Gasteiger partial charge in [0, 0.05) is 53.9 Å². The van der Waals surface area contributed by atoms with Crippen LogP contribution in [0.1, 0.15) is 48.5 Å². The van der Waals surface area contributed by atoms with Gasteiger partial charge < -0.3 is 14.2 Å². The van der Waals surface area contributed by atoms with Gasteiger partial charge in [-0.2, -0.15) is 0 Å². The van der Waals surface area contributed by atoms with Crippen LogP contribution < -0.4 is 9.64 Å². The minimum atomic E-state index is -1.52. The lowest BCUT2D eigenvalue weighted by molar-refractivity contribution is 0.483. The van der Waals surface area contributed by atoms with Gasteiger partial charge in [-0.05, 0) is 122 Å². The summed E-state index contributed by atoms with van der Waals surface area (Å²) in [6.45, 7) is 11.3. The number of ether oxygens (including phenoxy) is 1. The molecule has 0 saturated heterocycles. The van der Waals surface area contributed by atoms with Crippen molar-refractivity contribution in [2.24, 2.45) is 5.92 Å². The summed E-state index contributed by atoms with van der Waals surface area (Å²) in [7, 11) is 0. The highest BCUT2D eigenvalue weighted by molar-refractivity contribution is 6.22. The molecule has 1 aliphatic rings. The van der Waals surface area contributed by atoms with E-state index in [1.54, 1.807) is 12.3 Å². The van der Waals surface area contributed by atoms with Gasteiger partial charge in [-0.3, -0.25) is 4.57 Å². The van der Waals surface area contributed by atoms with Crippen LogP contribution in [0.15, 0.2) is 219 Å². The maximum absolute atomic E-state index is 8.91. The maximum Gasteiger partial charge on any atom is 0.137 e. The molecule has 4 heterocycles. The minimum absolute atomic E-state index is 0.0920. The van der Waals surface area contributed by atoms with Gasteiger partial charge in [0.1, 0.15) is 24.0 Å². The molecule has 5 heteroatoms. The van der Waals surface area contributed by atoms with E-state index in [9.17, 15) is 0 Å². The molecule has 0 saturated carbocycles. The molecular weight excluding hydrogens is 889 g/mol. The number of rotatable bonds is 8. The van der Waals surface area contributed by atoms with Crippen LogP contribution in [0.3, 0.4) is 0 Å². The molecule has 0 atom stereocenters. The smallest absolute Gasteiger partial charge is 0.137 e. The number of benzene rings is 9. The van der Waals surface area contributed by atoms with Crippen molar-refractivity contribution in [1.82, 2.24) is 14.1 Å². The fourth-order valence-electron chi connectivity index (χ4n) is 11.2. The van der Waals surface area contributed by atoms with Crippen LogP contribution in [-0.2, 0) is 18.5 Å². The lowest BCUT2D eigenvalue weighted by Gasteiger charge is -2.23. The van der Waals surface area contributed by atoms with Crippen LogP contribution in [0, 0.1) is 5.92 Å². The number of aromatic nitrogens is 3. The van der Waals surface area contributed by atoms with E-state index >= 15 is 0 Å². The van der Waals surface area contributed by atoms with E-state index in [2.05, 4.69) is 217 Å². The third-order valence-corrected chi connectivity index (χ3v) is 14.5. The Morgan fingerprint density at radius 3 is 1.88 bits per heavy atom. The molecule has 0 amide bonds. The Bertz CT molecular complexity index is 4310. The molecule has 3 aromatic heterocycles. The highest BCUT2D eigenvalue weighted by Gasteiger charge is 2.27. The fourth-order valence-corrected chi connectivity index (χ4v) is 11.2. The van der Waals surface area contributed by atoms with Crippen molar-refractivity contribution in [3.8, 4) is 39.6 Å². The van der Waals surface area contributed by atoms with Gasteiger partial charge >= 0.3 is 0 Å². The van der Waals surface area contributed by atoms with Gasteiger partial charge in [0.15, 0.2) is 0 Å². The second-order valence-electron chi connectivity index (χ2n) is 20.7. The molecular formula is C68H56N4O. The summed E-state index contributed by atoms with van der Waals surface area (Å²) in [5.41, 5.74) is 12.9. The van der Waals surface area contributed by atoms with E-state index in [0.29, 0.717) is 29.5 Å². The first-order chi connectivity index (χ1) is 36.4. The number of pyridine rings is 1. The van der Waals surface area contributed by atoms with Crippen LogP contribution in [0.4, 0.5) is 11.4 Å². The van der Waals surface area contributed by atoms with E-state index in [0.717, 1.165) is 44.2 Å². The standard InChI is InChI=1S/C68H56N4O/c1-44(2)36-45-34-35-69-65(37-45)72-62-30-14-13-26-58(62)59-33-32-52(42-64(59)72)73-51-21-15-20-50(41-51)70-43-71-66-53(48-38-47(46-18-7-6-8-19-46)39-49(40-48)68(3,4)5)27-16-28-60(66)56-24-11-9-22-54(56)55-23-10-12-25-57(55)61-29-17-31-63(70)67(61)71/h6-35,37-42,44H,36,43H2,1-5H3/i36D2. The molecule has 0 aliphatic carbocycles. The molecule has 0 bridgehead atoms. The molecule has 5 nitrogen and oxygen atoms in total. The van der Waals surface area contributed by atoms with Crippen molar-refractivity contribution in [2.45, 2.75) is 53.1 Å². The van der Waals surface area contributed by atoms with Gasteiger partial charge in [0.05, 0.1) is 27.8 Å². The quantitative estimate of drug-likeness (QED) is 0.152. The zero-order valence-corrected chi connectivity index (χ0v) is 41.8. The Kier molecular flexibility index (Phi) is 10.1. The molecule has 0 unspecified atom stereocenters. The molecule has 1 aliphatic heterocycles. The number of para-hydroxylation sites is 3. The monoisotopic (exact) mass is 946 g/mol. The van der Waals surface area contributed by atoms with E-state index < -0.39 is 6.37 Å². The molecule has 0 radical (unpaired) electrons. The molecule has 354 valence electrons. The Morgan fingerprint density at radius 2 is 1.14 bits per heavy atom. The molecule has 0 N–H and O–H groups in total. The van der Waals surface area contributed by atoms with E-state index in [-0.39, 0.29) is 11.3 Å². The van der Waals surface area contributed by atoms with Gasteiger partial charge in [-0.15, -0.1) is 0 Å². The number of anilines is 2. The average molecular weight is 947 g/mol. The molecule has 12 aromatic rings. The van der Waals surface area contributed by atoms with Gasteiger partial charge in [0.25, 0.3) is 0 Å². The molecule has 0 spiro atoms. The van der Waals surface area contributed by atoms with Gasteiger partial charge in [-0.1, -0.05) is 180 Å². The first kappa shape index (κ1) is 42.1. The van der Waals surface area contributed by atoms with Crippen molar-refractivity contribution in [1.29, 1.82) is 0 Å². The zero-order chi connectivity index (χ0) is 51.2. The van der Waals surface area contributed by atoms with Crippen LogP contribution in [0.25, 0.3) is 93.2 Å². The second kappa shape index (κ2) is 17.6. The normalized spacial score (nSPS) is 13.2. The second-order valence-corrected chi connectivity index (χ2v) is 20.7. The molecule has 0 fully saturated rings. The van der Waals surface area contributed by atoms with E-state index in [4.69, 9.17) is 12.5 Å². The van der Waals surface area contributed by atoms with Crippen LogP contribution in [-0.4, -0.2) is 14.1 Å². The van der Waals surface area contributed by atoms with Crippen LogP contribution >= 0.6 is 0 Å². The number of hydrogen-bond acceptors (Lipinski definition) is 3. The summed E-state index contributed by atoms with van der Waals surface area (Å²) in [6.07, 6.45) is 0.194. The SMILES string of the molecule is [2H]C([2H])(c1ccnc(-n2c3ccccc3c3ccc(Oc4cccc(N5Cn6c7c(-c8cc(-c9ccccc9)cc(C(C)(C)C)c8)cccc7c7ccccc7c7ccccc7c7cccc5c76)c4)cc32)c1)C(C)C. The summed E-state index contributed by atoms with van der Waals surface area (Å²) in [5.74, 6) is 1.85. The summed E-state index contributed by atoms with van der Waals surface area (Å²) < 4.78 is 29.4. The summed E-state index contributed by atoms with van der Waals surface area (Å²) in [6, 6.07) is 76.0. The summed E-state index contributed by atoms with van der Waals surface area (Å²) in [5, 5.41) is 9.29. The predicted octanol–water partition coefficient (Wildman–Crippen LogP) is 18.4. The summed E-state index contributed by atoms with van der Waals surface area (Å²) in [4.78, 5) is 7.25.